The van der Waals surface area contributed by atoms with Crippen molar-refractivity contribution in [2.75, 3.05) is 7.11 Å². The summed E-state index contributed by atoms with van der Waals surface area (Å²) in [7, 11) is 1.67. The first kappa shape index (κ1) is 13.9. The number of allylic oxidation sites excluding steroid dienone is 2. The van der Waals surface area contributed by atoms with Crippen LogP contribution in [0.3, 0.4) is 0 Å². The fourth-order valence-corrected chi connectivity index (χ4v) is 2.82. The van der Waals surface area contributed by atoms with Crippen molar-refractivity contribution in [3.8, 4) is 16.9 Å². The molecule has 2 aromatic carbocycles. The van der Waals surface area contributed by atoms with Crippen molar-refractivity contribution in [3.63, 3.8) is 0 Å². The molecule has 108 valence electrons. The maximum atomic E-state index is 10.4. The van der Waals surface area contributed by atoms with E-state index in [-0.39, 0.29) is 6.10 Å². The summed E-state index contributed by atoms with van der Waals surface area (Å²) in [5.41, 5.74) is 3.30. The molecule has 2 nitrogen and oxygen atoms in total. The number of rotatable bonds is 4. The van der Waals surface area contributed by atoms with E-state index < -0.39 is 0 Å². The zero-order valence-electron chi connectivity index (χ0n) is 12.2. The highest BCUT2D eigenvalue weighted by Gasteiger charge is 2.21. The second kappa shape index (κ2) is 6.15. The fraction of sp³-hybridized carbons (Fsp3) is 0.263. The molecule has 0 bridgehead atoms. The Balaban J connectivity index is 1.76. The minimum atomic E-state index is -0.370. The van der Waals surface area contributed by atoms with Crippen LogP contribution in [0.1, 0.15) is 24.5 Å². The van der Waals surface area contributed by atoms with Crippen molar-refractivity contribution < 1.29 is 9.84 Å². The lowest BCUT2D eigenvalue weighted by Crippen LogP contribution is -2.08. The summed E-state index contributed by atoms with van der Waals surface area (Å²) < 4.78 is 5.17. The maximum absolute atomic E-state index is 10.4. The van der Waals surface area contributed by atoms with Crippen LogP contribution in [0.25, 0.3) is 11.1 Å². The van der Waals surface area contributed by atoms with Gasteiger partial charge in [0.2, 0.25) is 0 Å². The predicted octanol–water partition coefficient (Wildman–Crippen LogP) is 4.36. The minimum absolute atomic E-state index is 0.330. The van der Waals surface area contributed by atoms with E-state index in [0.717, 1.165) is 35.3 Å². The van der Waals surface area contributed by atoms with E-state index in [9.17, 15) is 5.11 Å². The van der Waals surface area contributed by atoms with Gasteiger partial charge in [0.15, 0.2) is 0 Å². The second-order valence-corrected chi connectivity index (χ2v) is 5.50. The Morgan fingerprint density at radius 3 is 1.95 bits per heavy atom. The van der Waals surface area contributed by atoms with Gasteiger partial charge in [0.25, 0.3) is 0 Å². The quantitative estimate of drug-likeness (QED) is 0.843. The van der Waals surface area contributed by atoms with Crippen molar-refractivity contribution in [2.45, 2.75) is 18.9 Å². The smallest absolute Gasteiger partial charge is 0.118 e. The molecular weight excluding hydrogens is 260 g/mol. The largest absolute Gasteiger partial charge is 0.497 e. The fourth-order valence-electron chi connectivity index (χ4n) is 2.82. The molecule has 0 amide bonds. The van der Waals surface area contributed by atoms with Crippen LogP contribution in [0.5, 0.6) is 5.75 Å². The van der Waals surface area contributed by atoms with Crippen molar-refractivity contribution in [3.05, 3.63) is 66.2 Å². The Labute approximate surface area is 125 Å². The van der Waals surface area contributed by atoms with Gasteiger partial charge in [-0.15, -0.1) is 0 Å². The zero-order chi connectivity index (χ0) is 14.7. The van der Waals surface area contributed by atoms with E-state index in [0.29, 0.717) is 5.92 Å². The van der Waals surface area contributed by atoms with Crippen molar-refractivity contribution >= 4 is 0 Å². The average Bonchev–Trinajstić information content (AvgIpc) is 3.09. The van der Waals surface area contributed by atoms with Crippen molar-refractivity contribution in [1.29, 1.82) is 0 Å². The van der Waals surface area contributed by atoms with E-state index in [1.54, 1.807) is 7.11 Å². The maximum Gasteiger partial charge on any atom is 0.118 e. The Bertz CT molecular complexity index is 603. The number of methoxy groups -OCH3 is 1. The Morgan fingerprint density at radius 1 is 0.905 bits per heavy atom. The van der Waals surface area contributed by atoms with Crippen molar-refractivity contribution in [2.24, 2.45) is 5.92 Å². The Hall–Kier alpha value is -2.06. The number of benzene rings is 2. The molecular formula is C19H20O2. The molecule has 1 aliphatic rings. The molecule has 0 heterocycles. The van der Waals surface area contributed by atoms with E-state index in [4.69, 9.17) is 4.74 Å². The Morgan fingerprint density at radius 2 is 1.43 bits per heavy atom. The SMILES string of the molecule is COc1ccc(-c2ccc(C(O)C3CC=CC3)cc2)cc1. The van der Waals surface area contributed by atoms with Gasteiger partial charge >= 0.3 is 0 Å². The normalized spacial score (nSPS) is 16.1. The third-order valence-electron chi connectivity index (χ3n) is 4.17. The highest BCUT2D eigenvalue weighted by molar-refractivity contribution is 5.64. The molecule has 1 atom stereocenters. The monoisotopic (exact) mass is 280 g/mol. The molecule has 0 saturated heterocycles. The van der Waals surface area contributed by atoms with Crippen LogP contribution in [-0.4, -0.2) is 12.2 Å². The summed E-state index contributed by atoms with van der Waals surface area (Å²) in [4.78, 5) is 0. The molecule has 2 aromatic rings. The van der Waals surface area contributed by atoms with Gasteiger partial charge in [0.05, 0.1) is 13.2 Å². The van der Waals surface area contributed by atoms with Crippen LogP contribution in [-0.2, 0) is 0 Å². The summed E-state index contributed by atoms with van der Waals surface area (Å²) in [6.07, 6.45) is 5.88. The lowest BCUT2D eigenvalue weighted by atomic mass is 9.92. The Kier molecular flexibility index (Phi) is 4.07. The molecule has 1 aliphatic carbocycles. The summed E-state index contributed by atoms with van der Waals surface area (Å²) in [6, 6.07) is 16.2. The van der Waals surface area contributed by atoms with E-state index >= 15 is 0 Å². The van der Waals surface area contributed by atoms with Gasteiger partial charge in [0, 0.05) is 0 Å². The molecule has 0 radical (unpaired) electrons. The highest BCUT2D eigenvalue weighted by atomic mass is 16.5. The first-order valence-electron chi connectivity index (χ1n) is 7.35. The molecule has 21 heavy (non-hydrogen) atoms. The standard InChI is InChI=1S/C19H20O2/c1-21-18-12-10-15(11-13-18)14-6-8-17(9-7-14)19(20)16-4-2-3-5-16/h2-3,6-13,16,19-20H,4-5H2,1H3. The van der Waals surface area contributed by atoms with Gasteiger partial charge in [-0.3, -0.25) is 0 Å². The molecule has 0 fully saturated rings. The van der Waals surface area contributed by atoms with Crippen LogP contribution in [0, 0.1) is 5.92 Å². The van der Waals surface area contributed by atoms with Gasteiger partial charge in [-0.2, -0.15) is 0 Å². The molecule has 1 unspecified atom stereocenters. The molecule has 1 N–H and O–H groups in total. The molecule has 0 saturated carbocycles. The van der Waals surface area contributed by atoms with E-state index in [1.165, 1.54) is 0 Å². The summed E-state index contributed by atoms with van der Waals surface area (Å²) in [5, 5.41) is 10.4. The first-order valence-corrected chi connectivity index (χ1v) is 7.35. The third kappa shape index (κ3) is 3.01. The summed E-state index contributed by atoms with van der Waals surface area (Å²) >= 11 is 0. The lowest BCUT2D eigenvalue weighted by Gasteiger charge is -2.18. The highest BCUT2D eigenvalue weighted by Crippen LogP contribution is 2.32. The van der Waals surface area contributed by atoms with Gasteiger partial charge in [-0.25, -0.2) is 0 Å². The number of hydrogen-bond donors (Lipinski definition) is 1. The topological polar surface area (TPSA) is 29.5 Å². The van der Waals surface area contributed by atoms with Crippen molar-refractivity contribution in [1.82, 2.24) is 0 Å². The van der Waals surface area contributed by atoms with E-state index in [1.807, 2.05) is 36.4 Å². The van der Waals surface area contributed by atoms with Gasteiger partial charge in [-0.05, 0) is 47.6 Å². The zero-order valence-corrected chi connectivity index (χ0v) is 12.2. The van der Waals surface area contributed by atoms with Gasteiger partial charge in [-0.1, -0.05) is 48.6 Å². The van der Waals surface area contributed by atoms with Crippen LogP contribution < -0.4 is 4.74 Å². The second-order valence-electron chi connectivity index (χ2n) is 5.50. The van der Waals surface area contributed by atoms with Crippen LogP contribution in [0.2, 0.25) is 0 Å². The van der Waals surface area contributed by atoms with Crippen LogP contribution >= 0.6 is 0 Å². The summed E-state index contributed by atoms with van der Waals surface area (Å²) in [5.74, 6) is 1.19. The molecule has 2 heteroatoms. The molecule has 0 aromatic heterocycles. The van der Waals surface area contributed by atoms with Crippen LogP contribution in [0.4, 0.5) is 0 Å². The first-order chi connectivity index (χ1) is 10.3. The average molecular weight is 280 g/mol. The number of aliphatic hydroxyl groups excluding tert-OH is 1. The lowest BCUT2D eigenvalue weighted by molar-refractivity contribution is 0.115. The molecule has 0 aliphatic heterocycles. The number of aliphatic hydroxyl groups is 1. The molecule has 0 spiro atoms. The molecule has 3 rings (SSSR count). The van der Waals surface area contributed by atoms with Gasteiger partial charge in [0.1, 0.15) is 5.75 Å². The number of ether oxygens (including phenoxy) is 1. The van der Waals surface area contributed by atoms with E-state index in [2.05, 4.69) is 24.3 Å². The van der Waals surface area contributed by atoms with Gasteiger partial charge < -0.3 is 9.84 Å². The minimum Gasteiger partial charge on any atom is -0.497 e. The van der Waals surface area contributed by atoms with Crippen LogP contribution in [0.15, 0.2) is 60.7 Å². The summed E-state index contributed by atoms with van der Waals surface area (Å²) in [6.45, 7) is 0. The number of hydrogen-bond acceptors (Lipinski definition) is 2. The third-order valence-corrected chi connectivity index (χ3v) is 4.17. The predicted molar refractivity (Wildman–Crippen MR) is 85.3 cm³/mol.